The van der Waals surface area contributed by atoms with Gasteiger partial charge in [0, 0.05) is 28.3 Å². The first-order valence-corrected chi connectivity index (χ1v) is 6.86. The number of carbonyl (C=O) groups is 1. The lowest BCUT2D eigenvalue weighted by Crippen LogP contribution is -2.19. The van der Waals surface area contributed by atoms with Gasteiger partial charge in [-0.05, 0) is 6.92 Å². The summed E-state index contributed by atoms with van der Waals surface area (Å²) in [6.45, 7) is 7.64. The summed E-state index contributed by atoms with van der Waals surface area (Å²) in [7, 11) is 1.58. The molecule has 0 fully saturated rings. The van der Waals surface area contributed by atoms with Gasteiger partial charge in [-0.1, -0.05) is 45.0 Å². The quantitative estimate of drug-likeness (QED) is 0.807. The van der Waals surface area contributed by atoms with Gasteiger partial charge in [0.1, 0.15) is 0 Å². The molecule has 0 aliphatic carbocycles. The Bertz CT molecular complexity index is 655. The second-order valence-corrected chi connectivity index (χ2v) is 6.03. The maximum Gasteiger partial charge on any atom is 0.216 e. The van der Waals surface area contributed by atoms with Crippen LogP contribution in [0, 0.1) is 12.3 Å². The van der Waals surface area contributed by atoms with E-state index in [0.717, 1.165) is 11.3 Å². The molecule has 0 bridgehead atoms. The zero-order chi connectivity index (χ0) is 15.6. The number of ketones is 1. The molecule has 0 saturated carbocycles. The minimum absolute atomic E-state index is 0.122. The van der Waals surface area contributed by atoms with Gasteiger partial charge in [0.05, 0.1) is 7.11 Å². The van der Waals surface area contributed by atoms with Crippen molar-refractivity contribution in [3.05, 3.63) is 41.6 Å². The molecule has 0 radical (unpaired) electrons. The van der Waals surface area contributed by atoms with Crippen molar-refractivity contribution in [3.63, 3.8) is 0 Å². The average Bonchev–Trinajstić information content (AvgIpc) is 2.45. The van der Waals surface area contributed by atoms with Crippen LogP contribution in [0.2, 0.25) is 0 Å². The lowest BCUT2D eigenvalue weighted by molar-refractivity contribution is 0.0858. The second-order valence-electron chi connectivity index (χ2n) is 6.03. The summed E-state index contributed by atoms with van der Waals surface area (Å²) in [5, 5.41) is 0. The van der Waals surface area contributed by atoms with Crippen molar-refractivity contribution in [1.29, 1.82) is 0 Å². The molecule has 1 aromatic carbocycles. The molecule has 0 aliphatic rings. The van der Waals surface area contributed by atoms with Gasteiger partial charge in [-0.3, -0.25) is 4.79 Å². The number of ether oxygens (including phenoxy) is 1. The van der Waals surface area contributed by atoms with E-state index in [1.807, 2.05) is 52.0 Å². The Hall–Kier alpha value is -2.23. The van der Waals surface area contributed by atoms with E-state index in [2.05, 4.69) is 9.97 Å². The fourth-order valence-electron chi connectivity index (χ4n) is 1.98. The van der Waals surface area contributed by atoms with Crippen LogP contribution in [0.4, 0.5) is 0 Å². The standard InChI is InChI=1S/C17H20N2O2/c1-11-10-14(21-5)19-16(18-11)13-8-6-12(7-9-13)15(20)17(2,3)4/h6-10H,1-5H3. The molecule has 0 spiro atoms. The highest BCUT2D eigenvalue weighted by molar-refractivity contribution is 6.00. The van der Waals surface area contributed by atoms with E-state index in [-0.39, 0.29) is 11.2 Å². The number of methoxy groups -OCH3 is 1. The van der Waals surface area contributed by atoms with Crippen molar-refractivity contribution in [2.45, 2.75) is 27.7 Å². The molecular formula is C17H20N2O2. The van der Waals surface area contributed by atoms with Gasteiger partial charge < -0.3 is 4.74 Å². The minimum atomic E-state index is -0.384. The molecule has 0 amide bonds. The van der Waals surface area contributed by atoms with E-state index in [0.29, 0.717) is 17.3 Å². The highest BCUT2D eigenvalue weighted by Gasteiger charge is 2.22. The minimum Gasteiger partial charge on any atom is -0.481 e. The van der Waals surface area contributed by atoms with Crippen LogP contribution in [-0.2, 0) is 0 Å². The van der Waals surface area contributed by atoms with Crippen LogP contribution in [0.15, 0.2) is 30.3 Å². The van der Waals surface area contributed by atoms with Crippen LogP contribution in [0.5, 0.6) is 5.88 Å². The molecule has 0 N–H and O–H groups in total. The zero-order valence-corrected chi connectivity index (χ0v) is 13.1. The highest BCUT2D eigenvalue weighted by atomic mass is 16.5. The number of aromatic nitrogens is 2. The monoisotopic (exact) mass is 284 g/mol. The van der Waals surface area contributed by atoms with Gasteiger partial charge in [0.2, 0.25) is 5.88 Å². The molecule has 2 aromatic rings. The zero-order valence-electron chi connectivity index (χ0n) is 13.1. The third-order valence-corrected chi connectivity index (χ3v) is 3.13. The first-order valence-electron chi connectivity index (χ1n) is 6.86. The van der Waals surface area contributed by atoms with Gasteiger partial charge in [0.25, 0.3) is 0 Å². The van der Waals surface area contributed by atoms with Crippen molar-refractivity contribution in [2.24, 2.45) is 5.41 Å². The topological polar surface area (TPSA) is 52.1 Å². The molecule has 110 valence electrons. The van der Waals surface area contributed by atoms with Crippen LogP contribution in [0.1, 0.15) is 36.8 Å². The summed E-state index contributed by atoms with van der Waals surface area (Å²) in [5.41, 5.74) is 2.02. The summed E-state index contributed by atoms with van der Waals surface area (Å²) < 4.78 is 5.16. The number of benzene rings is 1. The summed E-state index contributed by atoms with van der Waals surface area (Å²) in [6.07, 6.45) is 0. The summed E-state index contributed by atoms with van der Waals surface area (Å²) in [4.78, 5) is 20.9. The van der Waals surface area contributed by atoms with Crippen LogP contribution < -0.4 is 4.74 Å². The number of hydrogen-bond donors (Lipinski definition) is 0. The molecule has 21 heavy (non-hydrogen) atoms. The predicted molar refractivity (Wildman–Crippen MR) is 82.5 cm³/mol. The SMILES string of the molecule is COc1cc(C)nc(-c2ccc(C(=O)C(C)(C)C)cc2)n1. The number of carbonyl (C=O) groups excluding carboxylic acids is 1. The van der Waals surface area contributed by atoms with E-state index < -0.39 is 0 Å². The van der Waals surface area contributed by atoms with Gasteiger partial charge in [-0.2, -0.15) is 4.98 Å². The van der Waals surface area contributed by atoms with Crippen molar-refractivity contribution in [3.8, 4) is 17.3 Å². The summed E-state index contributed by atoms with van der Waals surface area (Å²) in [5.74, 6) is 1.26. The Balaban J connectivity index is 2.35. The van der Waals surface area contributed by atoms with Gasteiger partial charge >= 0.3 is 0 Å². The average molecular weight is 284 g/mol. The van der Waals surface area contributed by atoms with Gasteiger partial charge in [-0.15, -0.1) is 0 Å². The van der Waals surface area contributed by atoms with Crippen molar-refractivity contribution >= 4 is 5.78 Å². The molecule has 0 unspecified atom stereocenters. The molecule has 0 atom stereocenters. The first kappa shape index (κ1) is 15.2. The lowest BCUT2D eigenvalue weighted by Gasteiger charge is -2.16. The molecule has 4 heteroatoms. The number of hydrogen-bond acceptors (Lipinski definition) is 4. The highest BCUT2D eigenvalue weighted by Crippen LogP contribution is 2.24. The Morgan fingerprint density at radius 1 is 1.10 bits per heavy atom. The van der Waals surface area contributed by atoms with E-state index in [1.165, 1.54) is 0 Å². The maximum atomic E-state index is 12.2. The first-order chi connectivity index (χ1) is 9.81. The molecule has 1 aromatic heterocycles. The van der Waals surface area contributed by atoms with Crippen molar-refractivity contribution in [2.75, 3.05) is 7.11 Å². The van der Waals surface area contributed by atoms with E-state index in [9.17, 15) is 4.79 Å². The Kier molecular flexibility index (Phi) is 4.07. The molecule has 2 rings (SSSR count). The van der Waals surface area contributed by atoms with Crippen molar-refractivity contribution in [1.82, 2.24) is 9.97 Å². The number of rotatable bonds is 3. The predicted octanol–water partition coefficient (Wildman–Crippen LogP) is 3.69. The van der Waals surface area contributed by atoms with Gasteiger partial charge in [0.15, 0.2) is 11.6 Å². The Labute approximate surface area is 125 Å². The van der Waals surface area contributed by atoms with Crippen molar-refractivity contribution < 1.29 is 9.53 Å². The van der Waals surface area contributed by atoms with E-state index in [4.69, 9.17) is 4.74 Å². The van der Waals surface area contributed by atoms with Crippen LogP contribution in [-0.4, -0.2) is 22.9 Å². The molecule has 4 nitrogen and oxygen atoms in total. The molecule has 1 heterocycles. The third-order valence-electron chi connectivity index (χ3n) is 3.13. The fraction of sp³-hybridized carbons (Fsp3) is 0.353. The molecular weight excluding hydrogens is 264 g/mol. The fourth-order valence-corrected chi connectivity index (χ4v) is 1.98. The third kappa shape index (κ3) is 3.45. The number of aryl methyl sites for hydroxylation is 1. The normalized spacial score (nSPS) is 11.3. The molecule has 0 aliphatic heterocycles. The molecule has 0 saturated heterocycles. The maximum absolute atomic E-state index is 12.2. The van der Waals surface area contributed by atoms with Crippen LogP contribution >= 0.6 is 0 Å². The number of nitrogens with zero attached hydrogens (tertiary/aromatic N) is 2. The largest absolute Gasteiger partial charge is 0.481 e. The smallest absolute Gasteiger partial charge is 0.216 e. The second kappa shape index (κ2) is 5.64. The number of Topliss-reactive ketones (excluding diaryl/α,β-unsaturated/α-hetero) is 1. The van der Waals surface area contributed by atoms with Crippen LogP contribution in [0.25, 0.3) is 11.4 Å². The van der Waals surface area contributed by atoms with E-state index in [1.54, 1.807) is 13.2 Å². The Morgan fingerprint density at radius 2 is 1.71 bits per heavy atom. The van der Waals surface area contributed by atoms with Gasteiger partial charge in [-0.25, -0.2) is 4.98 Å². The lowest BCUT2D eigenvalue weighted by atomic mass is 9.86. The Morgan fingerprint density at radius 3 is 2.24 bits per heavy atom. The summed E-state index contributed by atoms with van der Waals surface area (Å²) in [6, 6.07) is 9.16. The van der Waals surface area contributed by atoms with Crippen LogP contribution in [0.3, 0.4) is 0 Å². The van der Waals surface area contributed by atoms with E-state index >= 15 is 0 Å². The summed E-state index contributed by atoms with van der Waals surface area (Å²) >= 11 is 0.